The Kier molecular flexibility index (Phi) is 7.17. The minimum absolute atomic E-state index is 0.883. The summed E-state index contributed by atoms with van der Waals surface area (Å²) in [5, 5.41) is 0. The third kappa shape index (κ3) is 4.93. The number of rotatable bonds is 6. The predicted molar refractivity (Wildman–Crippen MR) is 89.4 cm³/mol. The van der Waals surface area contributed by atoms with Gasteiger partial charge in [0, 0.05) is 0 Å². The largest absolute Gasteiger partial charge is 0.0885 e. The van der Waals surface area contributed by atoms with E-state index in [0.29, 0.717) is 0 Å². The zero-order chi connectivity index (χ0) is 14.2. The fraction of sp³-hybridized carbons (Fsp3) is 0.800. The molecule has 2 aliphatic carbocycles. The SMILES string of the molecule is CC/C=C/C1CC[C](C2CC[C](CCCC)CC2)CC1. The molecule has 0 aromatic carbocycles. The van der Waals surface area contributed by atoms with Gasteiger partial charge in [0.05, 0.1) is 0 Å². The molecule has 0 nitrogen and oxygen atoms in total. The Balaban J connectivity index is 1.66. The molecule has 2 radical (unpaired) electrons. The summed E-state index contributed by atoms with van der Waals surface area (Å²) in [4.78, 5) is 0. The smallest absolute Gasteiger partial charge is 0.0210 e. The van der Waals surface area contributed by atoms with Gasteiger partial charge in [-0.05, 0) is 87.9 Å². The minimum Gasteiger partial charge on any atom is -0.0885 e. The molecule has 0 unspecified atom stereocenters. The zero-order valence-corrected chi connectivity index (χ0v) is 13.8. The highest BCUT2D eigenvalue weighted by Crippen LogP contribution is 2.44. The van der Waals surface area contributed by atoms with Crippen LogP contribution >= 0.6 is 0 Å². The van der Waals surface area contributed by atoms with E-state index in [4.69, 9.17) is 0 Å². The van der Waals surface area contributed by atoms with Gasteiger partial charge in [-0.2, -0.15) is 0 Å². The van der Waals surface area contributed by atoms with Gasteiger partial charge in [-0.15, -0.1) is 0 Å². The Bertz CT molecular complexity index is 262. The monoisotopic (exact) mass is 274 g/mol. The van der Waals surface area contributed by atoms with E-state index in [1.807, 2.05) is 11.8 Å². The Labute approximate surface area is 127 Å². The minimum atomic E-state index is 0.883. The Hall–Kier alpha value is -0.260. The van der Waals surface area contributed by atoms with E-state index in [1.165, 1.54) is 77.0 Å². The van der Waals surface area contributed by atoms with Crippen LogP contribution < -0.4 is 0 Å². The maximum absolute atomic E-state index is 2.48. The van der Waals surface area contributed by atoms with Gasteiger partial charge in [-0.1, -0.05) is 38.8 Å². The predicted octanol–water partition coefficient (Wildman–Crippen LogP) is 6.67. The van der Waals surface area contributed by atoms with Crippen LogP contribution in [0.4, 0.5) is 0 Å². The van der Waals surface area contributed by atoms with Crippen molar-refractivity contribution in [1.29, 1.82) is 0 Å². The average molecular weight is 274 g/mol. The highest BCUT2D eigenvalue weighted by molar-refractivity contribution is 5.07. The molecular formula is C20H34. The second-order valence-corrected chi connectivity index (χ2v) is 6.96. The lowest BCUT2D eigenvalue weighted by atomic mass is 9.68. The van der Waals surface area contributed by atoms with Crippen molar-refractivity contribution in [2.24, 2.45) is 11.8 Å². The van der Waals surface area contributed by atoms with Gasteiger partial charge in [0.15, 0.2) is 0 Å². The second-order valence-electron chi connectivity index (χ2n) is 6.96. The van der Waals surface area contributed by atoms with Crippen LogP contribution in [0.15, 0.2) is 12.2 Å². The third-order valence-electron chi connectivity index (χ3n) is 5.47. The van der Waals surface area contributed by atoms with E-state index >= 15 is 0 Å². The van der Waals surface area contributed by atoms with Crippen LogP contribution in [0.5, 0.6) is 0 Å². The number of hydrogen-bond acceptors (Lipinski definition) is 0. The van der Waals surface area contributed by atoms with Crippen molar-refractivity contribution in [2.45, 2.75) is 90.9 Å². The van der Waals surface area contributed by atoms with Crippen LogP contribution in [-0.4, -0.2) is 0 Å². The molecule has 0 spiro atoms. The highest BCUT2D eigenvalue weighted by Gasteiger charge is 2.30. The van der Waals surface area contributed by atoms with Crippen LogP contribution in [0.1, 0.15) is 90.9 Å². The van der Waals surface area contributed by atoms with Crippen LogP contribution in [0.3, 0.4) is 0 Å². The molecule has 0 bridgehead atoms. The van der Waals surface area contributed by atoms with Gasteiger partial charge < -0.3 is 0 Å². The molecule has 0 aliphatic heterocycles. The van der Waals surface area contributed by atoms with Crippen molar-refractivity contribution >= 4 is 0 Å². The maximum atomic E-state index is 2.48. The van der Waals surface area contributed by atoms with Crippen molar-refractivity contribution in [3.63, 3.8) is 0 Å². The van der Waals surface area contributed by atoms with Crippen molar-refractivity contribution in [2.75, 3.05) is 0 Å². The second kappa shape index (κ2) is 8.90. The first-order valence-electron chi connectivity index (χ1n) is 9.18. The summed E-state index contributed by atoms with van der Waals surface area (Å²) in [5.41, 5.74) is 0. The van der Waals surface area contributed by atoms with E-state index in [1.54, 1.807) is 0 Å². The van der Waals surface area contributed by atoms with E-state index < -0.39 is 0 Å². The maximum Gasteiger partial charge on any atom is -0.0210 e. The molecule has 0 heterocycles. The fourth-order valence-corrected chi connectivity index (χ4v) is 4.05. The molecule has 20 heavy (non-hydrogen) atoms. The standard InChI is InChI=1S/C20H34/c1-3-5-7-17-9-13-19(14-10-17)20-15-11-18(12-16-20)8-6-4-2/h5,7,17,20H,3-4,6,8-16H2,1-2H3/b7-5+. The van der Waals surface area contributed by atoms with Crippen LogP contribution in [0.2, 0.25) is 0 Å². The van der Waals surface area contributed by atoms with E-state index in [2.05, 4.69) is 26.0 Å². The Morgan fingerprint density at radius 2 is 1.65 bits per heavy atom. The van der Waals surface area contributed by atoms with Gasteiger partial charge in [-0.3, -0.25) is 0 Å². The summed E-state index contributed by atoms with van der Waals surface area (Å²) in [5.74, 6) is 5.68. The van der Waals surface area contributed by atoms with Crippen molar-refractivity contribution in [1.82, 2.24) is 0 Å². The van der Waals surface area contributed by atoms with E-state index in [0.717, 1.165) is 11.8 Å². The quantitative estimate of drug-likeness (QED) is 0.474. The number of hydrogen-bond donors (Lipinski definition) is 0. The molecule has 0 atom stereocenters. The van der Waals surface area contributed by atoms with Crippen LogP contribution in [0, 0.1) is 23.7 Å². The molecule has 2 saturated carbocycles. The van der Waals surface area contributed by atoms with Crippen LogP contribution in [0.25, 0.3) is 0 Å². The zero-order valence-electron chi connectivity index (χ0n) is 13.8. The van der Waals surface area contributed by atoms with E-state index in [9.17, 15) is 0 Å². The van der Waals surface area contributed by atoms with Crippen LogP contribution in [-0.2, 0) is 0 Å². The number of unbranched alkanes of at least 4 members (excludes halogenated alkanes) is 1. The first kappa shape index (κ1) is 16.1. The molecular weight excluding hydrogens is 240 g/mol. The lowest BCUT2D eigenvalue weighted by Crippen LogP contribution is -2.23. The molecule has 114 valence electrons. The summed E-state index contributed by atoms with van der Waals surface area (Å²) < 4.78 is 0. The average Bonchev–Trinajstić information content (AvgIpc) is 2.52. The normalized spacial score (nSPS) is 24.7. The first-order chi connectivity index (χ1) is 9.83. The fourth-order valence-electron chi connectivity index (χ4n) is 4.05. The summed E-state index contributed by atoms with van der Waals surface area (Å²) in [7, 11) is 0. The Morgan fingerprint density at radius 1 is 0.950 bits per heavy atom. The highest BCUT2D eigenvalue weighted by atomic mass is 14.4. The van der Waals surface area contributed by atoms with Gasteiger partial charge in [0.2, 0.25) is 0 Å². The molecule has 2 fully saturated rings. The topological polar surface area (TPSA) is 0 Å². The van der Waals surface area contributed by atoms with Gasteiger partial charge in [-0.25, -0.2) is 0 Å². The molecule has 0 aromatic rings. The summed E-state index contributed by atoms with van der Waals surface area (Å²) >= 11 is 0. The number of allylic oxidation sites excluding steroid dienone is 2. The lowest BCUT2D eigenvalue weighted by molar-refractivity contribution is 0.309. The molecule has 0 N–H and O–H groups in total. The summed E-state index contributed by atoms with van der Waals surface area (Å²) in [6.07, 6.45) is 21.8. The summed E-state index contributed by atoms with van der Waals surface area (Å²) in [6.45, 7) is 4.55. The summed E-state index contributed by atoms with van der Waals surface area (Å²) in [6, 6.07) is 0. The third-order valence-corrected chi connectivity index (χ3v) is 5.47. The lowest BCUT2D eigenvalue weighted by Gasteiger charge is -2.37. The first-order valence-corrected chi connectivity index (χ1v) is 9.18. The molecule has 0 aromatic heterocycles. The van der Waals surface area contributed by atoms with Crippen molar-refractivity contribution in [3.8, 4) is 0 Å². The van der Waals surface area contributed by atoms with Gasteiger partial charge in [0.1, 0.15) is 0 Å². The molecule has 2 rings (SSSR count). The molecule has 2 aliphatic rings. The van der Waals surface area contributed by atoms with Gasteiger partial charge in [0.25, 0.3) is 0 Å². The van der Waals surface area contributed by atoms with E-state index in [-0.39, 0.29) is 0 Å². The molecule has 0 heteroatoms. The Morgan fingerprint density at radius 3 is 2.25 bits per heavy atom. The molecule has 0 saturated heterocycles. The van der Waals surface area contributed by atoms with Crippen molar-refractivity contribution < 1.29 is 0 Å². The molecule has 0 amide bonds. The van der Waals surface area contributed by atoms with Crippen molar-refractivity contribution in [3.05, 3.63) is 24.0 Å². The van der Waals surface area contributed by atoms with Gasteiger partial charge >= 0.3 is 0 Å².